The largest absolute Gasteiger partial charge is 0.465 e. The Labute approximate surface area is 131 Å². The Kier molecular flexibility index (Phi) is 6.22. The molecule has 0 unspecified atom stereocenters. The molecule has 6 heteroatoms. The number of amides is 1. The van der Waals surface area contributed by atoms with Gasteiger partial charge in [0.05, 0.1) is 13.2 Å². The van der Waals surface area contributed by atoms with Crippen molar-refractivity contribution in [3.8, 4) is 0 Å². The Morgan fingerprint density at radius 3 is 2.41 bits per heavy atom. The smallest absolute Gasteiger partial charge is 0.411 e. The Bertz CT molecular complexity index is 523. The molecule has 1 aromatic carbocycles. The van der Waals surface area contributed by atoms with Gasteiger partial charge in [-0.15, -0.1) is 0 Å². The average Bonchev–Trinajstić information content (AvgIpc) is 2.38. The fourth-order valence-electron chi connectivity index (χ4n) is 1.76. The van der Waals surface area contributed by atoms with Gasteiger partial charge >= 0.3 is 12.1 Å². The number of carbonyl (C=O) groups is 2. The van der Waals surface area contributed by atoms with Crippen molar-refractivity contribution in [2.24, 2.45) is 0 Å². The molecule has 0 bridgehead atoms. The van der Waals surface area contributed by atoms with E-state index in [1.807, 2.05) is 12.1 Å². The van der Waals surface area contributed by atoms with Gasteiger partial charge in [-0.1, -0.05) is 18.2 Å². The molecule has 6 nitrogen and oxygen atoms in total. The van der Waals surface area contributed by atoms with E-state index in [1.165, 1.54) is 4.90 Å². The summed E-state index contributed by atoms with van der Waals surface area (Å²) in [5.74, 6) is -0.483. The molecule has 1 aromatic rings. The molecule has 0 spiro atoms. The van der Waals surface area contributed by atoms with E-state index >= 15 is 0 Å². The van der Waals surface area contributed by atoms with E-state index in [9.17, 15) is 9.59 Å². The van der Waals surface area contributed by atoms with Crippen LogP contribution >= 0.6 is 0 Å². The van der Waals surface area contributed by atoms with E-state index < -0.39 is 17.7 Å². The maximum atomic E-state index is 12.3. The van der Waals surface area contributed by atoms with Gasteiger partial charge in [-0.3, -0.25) is 9.69 Å². The number of benzene rings is 1. The highest BCUT2D eigenvalue weighted by Gasteiger charge is 2.25. The van der Waals surface area contributed by atoms with Crippen LogP contribution in [0.3, 0.4) is 0 Å². The minimum atomic E-state index is -0.647. The Morgan fingerprint density at radius 2 is 1.86 bits per heavy atom. The standard InChI is InChI=1S/C16H24N2O4/c1-5-21-14(19)11-18(15(20)22-16(2,3)4)10-12-8-6-7-9-13(12)17/h6-9H,5,10-11,17H2,1-4H3. The maximum Gasteiger partial charge on any atom is 0.411 e. The highest BCUT2D eigenvalue weighted by Crippen LogP contribution is 2.16. The molecule has 0 heterocycles. The van der Waals surface area contributed by atoms with Crippen molar-refractivity contribution in [1.29, 1.82) is 0 Å². The number of hydrogen-bond donors (Lipinski definition) is 1. The van der Waals surface area contributed by atoms with Crippen molar-refractivity contribution in [3.63, 3.8) is 0 Å². The summed E-state index contributed by atoms with van der Waals surface area (Å²) in [5, 5.41) is 0. The number of nitrogens with two attached hydrogens (primary N) is 1. The predicted octanol–water partition coefficient (Wildman–Crippen LogP) is 2.57. The molecule has 0 radical (unpaired) electrons. The first-order valence-corrected chi connectivity index (χ1v) is 7.20. The average molecular weight is 308 g/mol. The first-order valence-electron chi connectivity index (χ1n) is 7.20. The molecule has 1 rings (SSSR count). The number of ether oxygens (including phenoxy) is 2. The van der Waals surface area contributed by atoms with Crippen molar-refractivity contribution in [3.05, 3.63) is 29.8 Å². The molecule has 0 aliphatic carbocycles. The second-order valence-electron chi connectivity index (χ2n) is 5.84. The summed E-state index contributed by atoms with van der Waals surface area (Å²) in [6.45, 7) is 7.27. The summed E-state index contributed by atoms with van der Waals surface area (Å²) < 4.78 is 10.2. The number of rotatable bonds is 5. The van der Waals surface area contributed by atoms with Crippen LogP contribution < -0.4 is 5.73 Å². The molecule has 0 aliphatic heterocycles. The Balaban J connectivity index is 2.88. The number of carbonyl (C=O) groups excluding carboxylic acids is 2. The molecule has 2 N–H and O–H groups in total. The second-order valence-corrected chi connectivity index (χ2v) is 5.84. The van der Waals surface area contributed by atoms with E-state index in [0.29, 0.717) is 5.69 Å². The molecule has 0 saturated heterocycles. The van der Waals surface area contributed by atoms with Gasteiger partial charge in [0.2, 0.25) is 0 Å². The number of para-hydroxylation sites is 1. The van der Waals surface area contributed by atoms with E-state index in [1.54, 1.807) is 39.8 Å². The minimum Gasteiger partial charge on any atom is -0.465 e. The topological polar surface area (TPSA) is 81.9 Å². The zero-order valence-corrected chi connectivity index (χ0v) is 13.6. The zero-order valence-electron chi connectivity index (χ0n) is 13.6. The first kappa shape index (κ1) is 17.8. The highest BCUT2D eigenvalue weighted by atomic mass is 16.6. The monoisotopic (exact) mass is 308 g/mol. The summed E-state index contributed by atoms with van der Waals surface area (Å²) in [4.78, 5) is 25.3. The van der Waals surface area contributed by atoms with Crippen molar-refractivity contribution >= 4 is 17.7 Å². The number of nitrogen functional groups attached to an aromatic ring is 1. The van der Waals surface area contributed by atoms with Gasteiger partial charge in [0.25, 0.3) is 0 Å². The summed E-state index contributed by atoms with van der Waals surface area (Å²) in [7, 11) is 0. The lowest BCUT2D eigenvalue weighted by Gasteiger charge is -2.27. The third-order valence-electron chi connectivity index (χ3n) is 2.69. The fraction of sp³-hybridized carbons (Fsp3) is 0.500. The molecule has 0 aliphatic rings. The van der Waals surface area contributed by atoms with Crippen LogP contribution in [0.1, 0.15) is 33.3 Å². The van der Waals surface area contributed by atoms with Gasteiger partial charge in [0.15, 0.2) is 0 Å². The SMILES string of the molecule is CCOC(=O)CN(Cc1ccccc1N)C(=O)OC(C)(C)C. The van der Waals surface area contributed by atoms with Crippen molar-refractivity contribution in [1.82, 2.24) is 4.90 Å². The molecule has 122 valence electrons. The van der Waals surface area contributed by atoms with Crippen LogP contribution in [-0.4, -0.2) is 35.7 Å². The molecule has 22 heavy (non-hydrogen) atoms. The molecular weight excluding hydrogens is 284 g/mol. The Hall–Kier alpha value is -2.24. The van der Waals surface area contributed by atoms with Gasteiger partial charge in [-0.2, -0.15) is 0 Å². The summed E-state index contributed by atoms with van der Waals surface area (Å²) in [6.07, 6.45) is -0.580. The summed E-state index contributed by atoms with van der Waals surface area (Å²) in [5.41, 5.74) is 6.55. The minimum absolute atomic E-state index is 0.181. The third kappa shape index (κ3) is 6.03. The Morgan fingerprint density at radius 1 is 1.23 bits per heavy atom. The van der Waals surface area contributed by atoms with Crippen molar-refractivity contribution in [2.75, 3.05) is 18.9 Å². The molecule has 0 atom stereocenters. The van der Waals surface area contributed by atoms with Crippen LogP contribution in [0.15, 0.2) is 24.3 Å². The van der Waals surface area contributed by atoms with Crippen molar-refractivity contribution in [2.45, 2.75) is 39.8 Å². The number of anilines is 1. The van der Waals surface area contributed by atoms with Crippen LogP contribution in [0.25, 0.3) is 0 Å². The molecular formula is C16H24N2O4. The van der Waals surface area contributed by atoms with Gasteiger partial charge in [-0.05, 0) is 39.3 Å². The van der Waals surface area contributed by atoms with Crippen LogP contribution in [0.5, 0.6) is 0 Å². The van der Waals surface area contributed by atoms with Crippen LogP contribution in [0.2, 0.25) is 0 Å². The van der Waals surface area contributed by atoms with Gasteiger partial charge in [0, 0.05) is 5.69 Å². The van der Waals surface area contributed by atoms with Crippen LogP contribution in [-0.2, 0) is 20.8 Å². The maximum absolute atomic E-state index is 12.3. The lowest BCUT2D eigenvalue weighted by molar-refractivity contribution is -0.144. The number of hydrogen-bond acceptors (Lipinski definition) is 5. The van der Waals surface area contributed by atoms with E-state index in [-0.39, 0.29) is 19.7 Å². The number of esters is 1. The summed E-state index contributed by atoms with van der Waals surface area (Å²) in [6, 6.07) is 7.18. The molecule has 1 amide bonds. The quantitative estimate of drug-likeness (QED) is 0.668. The van der Waals surface area contributed by atoms with Crippen LogP contribution in [0, 0.1) is 0 Å². The fourth-order valence-corrected chi connectivity index (χ4v) is 1.76. The van der Waals surface area contributed by atoms with Gasteiger partial charge < -0.3 is 15.2 Å². The number of nitrogens with zero attached hydrogens (tertiary/aromatic N) is 1. The third-order valence-corrected chi connectivity index (χ3v) is 2.69. The van der Waals surface area contributed by atoms with Crippen molar-refractivity contribution < 1.29 is 19.1 Å². The highest BCUT2D eigenvalue weighted by molar-refractivity contribution is 5.78. The predicted molar refractivity (Wildman–Crippen MR) is 84.1 cm³/mol. The molecule has 0 fully saturated rings. The van der Waals surface area contributed by atoms with Gasteiger partial charge in [-0.25, -0.2) is 4.79 Å². The van der Waals surface area contributed by atoms with E-state index in [0.717, 1.165) is 5.56 Å². The summed E-state index contributed by atoms with van der Waals surface area (Å²) >= 11 is 0. The molecule has 0 saturated carbocycles. The van der Waals surface area contributed by atoms with E-state index in [4.69, 9.17) is 15.2 Å². The van der Waals surface area contributed by atoms with Gasteiger partial charge in [0.1, 0.15) is 12.1 Å². The van der Waals surface area contributed by atoms with E-state index in [2.05, 4.69) is 0 Å². The lowest BCUT2D eigenvalue weighted by Crippen LogP contribution is -2.40. The second kappa shape index (κ2) is 7.68. The lowest BCUT2D eigenvalue weighted by atomic mass is 10.1. The zero-order chi connectivity index (χ0) is 16.8. The molecule has 0 aromatic heterocycles. The first-order chi connectivity index (χ1) is 10.2. The van der Waals surface area contributed by atoms with Crippen LogP contribution in [0.4, 0.5) is 10.5 Å². The normalized spacial score (nSPS) is 10.9.